The lowest BCUT2D eigenvalue weighted by atomic mass is 9.91. The van der Waals surface area contributed by atoms with E-state index >= 15 is 0 Å². The Labute approximate surface area is 147 Å². The minimum absolute atomic E-state index is 0.0666. The Bertz CT molecular complexity index is 607. The van der Waals surface area contributed by atoms with Crippen molar-refractivity contribution in [1.29, 1.82) is 0 Å². The average Bonchev–Trinajstić information content (AvgIpc) is 3.02. The predicted molar refractivity (Wildman–Crippen MR) is 91.6 cm³/mol. The molecule has 1 aromatic rings. The molecule has 2 saturated heterocycles. The van der Waals surface area contributed by atoms with Crippen LogP contribution in [0, 0.1) is 5.82 Å². The third kappa shape index (κ3) is 4.26. The molecule has 24 heavy (non-hydrogen) atoms. The molecule has 132 valence electrons. The molecule has 1 atom stereocenters. The standard InChI is InChI=1S/C18H24ClFN2O2/c19-16-11-15(20)5-4-14(16)10-17(23)22-9-3-6-18(24,13-22)12-21-7-1-2-8-21/h4-5,11,24H,1-3,6-10,12-13H2/t18-/m0/s1. The number of aliphatic hydroxyl groups is 1. The largest absolute Gasteiger partial charge is 0.387 e. The Morgan fingerprint density at radius 1 is 1.25 bits per heavy atom. The monoisotopic (exact) mass is 354 g/mol. The summed E-state index contributed by atoms with van der Waals surface area (Å²) in [6.45, 7) is 3.71. The van der Waals surface area contributed by atoms with Gasteiger partial charge in [-0.1, -0.05) is 17.7 Å². The van der Waals surface area contributed by atoms with Crippen LogP contribution in [0.4, 0.5) is 4.39 Å². The Balaban J connectivity index is 1.61. The highest BCUT2D eigenvalue weighted by Gasteiger charge is 2.37. The quantitative estimate of drug-likeness (QED) is 0.903. The molecule has 0 spiro atoms. The molecule has 0 bridgehead atoms. The molecular formula is C18H24ClFN2O2. The summed E-state index contributed by atoms with van der Waals surface area (Å²) in [5.41, 5.74) is -0.207. The highest BCUT2D eigenvalue weighted by molar-refractivity contribution is 6.31. The van der Waals surface area contributed by atoms with Crippen LogP contribution in [0.25, 0.3) is 0 Å². The zero-order chi connectivity index (χ0) is 17.2. The SMILES string of the molecule is O=C(Cc1ccc(F)cc1Cl)N1CCC[C@](O)(CN2CCCC2)C1. The Kier molecular flexibility index (Phi) is 5.42. The van der Waals surface area contributed by atoms with E-state index in [1.807, 2.05) is 0 Å². The third-order valence-electron chi connectivity index (χ3n) is 4.98. The highest BCUT2D eigenvalue weighted by Crippen LogP contribution is 2.25. The number of β-amino-alcohol motifs (C(OH)–C–C–N with tert-alkyl or cyclic N) is 1. The van der Waals surface area contributed by atoms with Gasteiger partial charge in [0.25, 0.3) is 0 Å². The number of hydrogen-bond acceptors (Lipinski definition) is 3. The van der Waals surface area contributed by atoms with Crippen molar-refractivity contribution in [3.63, 3.8) is 0 Å². The number of hydrogen-bond donors (Lipinski definition) is 1. The summed E-state index contributed by atoms with van der Waals surface area (Å²) in [6, 6.07) is 4.09. The molecule has 0 aromatic heterocycles. The highest BCUT2D eigenvalue weighted by atomic mass is 35.5. The first-order valence-corrected chi connectivity index (χ1v) is 8.99. The number of likely N-dealkylation sites (tertiary alicyclic amines) is 2. The van der Waals surface area contributed by atoms with Crippen LogP contribution in [0.1, 0.15) is 31.2 Å². The Morgan fingerprint density at radius 3 is 2.71 bits per heavy atom. The second-order valence-electron chi connectivity index (χ2n) is 7.04. The van der Waals surface area contributed by atoms with Gasteiger partial charge >= 0.3 is 0 Å². The van der Waals surface area contributed by atoms with Gasteiger partial charge in [-0.3, -0.25) is 4.79 Å². The number of carbonyl (C=O) groups excluding carboxylic acids is 1. The molecule has 1 amide bonds. The zero-order valence-corrected chi connectivity index (χ0v) is 14.6. The van der Waals surface area contributed by atoms with E-state index in [0.717, 1.165) is 25.9 Å². The van der Waals surface area contributed by atoms with Crippen molar-refractivity contribution in [3.05, 3.63) is 34.6 Å². The summed E-state index contributed by atoms with van der Waals surface area (Å²) in [6.07, 6.45) is 4.03. The molecular weight excluding hydrogens is 331 g/mol. The van der Waals surface area contributed by atoms with E-state index in [-0.39, 0.29) is 17.4 Å². The van der Waals surface area contributed by atoms with Gasteiger partial charge in [-0.25, -0.2) is 4.39 Å². The van der Waals surface area contributed by atoms with Gasteiger partial charge in [0.15, 0.2) is 0 Å². The molecule has 2 aliphatic rings. The Hall–Kier alpha value is -1.17. The van der Waals surface area contributed by atoms with Gasteiger partial charge in [0.1, 0.15) is 5.82 Å². The molecule has 0 unspecified atom stereocenters. The number of rotatable bonds is 4. The van der Waals surface area contributed by atoms with Gasteiger partial charge in [-0.15, -0.1) is 0 Å². The van der Waals surface area contributed by atoms with Crippen molar-refractivity contribution in [2.24, 2.45) is 0 Å². The third-order valence-corrected chi connectivity index (χ3v) is 5.33. The van der Waals surface area contributed by atoms with Crippen molar-refractivity contribution in [1.82, 2.24) is 9.80 Å². The van der Waals surface area contributed by atoms with Crippen LogP contribution < -0.4 is 0 Å². The number of piperidine rings is 1. The summed E-state index contributed by atoms with van der Waals surface area (Å²) in [5.74, 6) is -0.475. The average molecular weight is 355 g/mol. The number of carbonyl (C=O) groups is 1. The van der Waals surface area contributed by atoms with Crippen LogP contribution in [0.5, 0.6) is 0 Å². The van der Waals surface area contributed by atoms with Crippen LogP contribution in [-0.2, 0) is 11.2 Å². The molecule has 0 aliphatic carbocycles. The van der Waals surface area contributed by atoms with Crippen LogP contribution >= 0.6 is 11.6 Å². The van der Waals surface area contributed by atoms with E-state index in [9.17, 15) is 14.3 Å². The smallest absolute Gasteiger partial charge is 0.227 e. The topological polar surface area (TPSA) is 43.8 Å². The van der Waals surface area contributed by atoms with E-state index < -0.39 is 11.4 Å². The second-order valence-corrected chi connectivity index (χ2v) is 7.45. The van der Waals surface area contributed by atoms with Gasteiger partial charge < -0.3 is 14.9 Å². The lowest BCUT2D eigenvalue weighted by molar-refractivity contribution is -0.138. The first kappa shape index (κ1) is 17.6. The maximum Gasteiger partial charge on any atom is 0.227 e. The van der Waals surface area contributed by atoms with Gasteiger partial charge in [-0.05, 0) is 56.5 Å². The van der Waals surface area contributed by atoms with Crippen molar-refractivity contribution in [3.8, 4) is 0 Å². The molecule has 2 aliphatic heterocycles. The zero-order valence-electron chi connectivity index (χ0n) is 13.8. The van der Waals surface area contributed by atoms with E-state index in [2.05, 4.69) is 4.90 Å². The van der Waals surface area contributed by atoms with E-state index in [1.54, 1.807) is 11.0 Å². The molecule has 4 nitrogen and oxygen atoms in total. The number of nitrogens with zero attached hydrogens (tertiary/aromatic N) is 2. The normalized spacial score (nSPS) is 25.2. The number of halogens is 2. The maximum atomic E-state index is 13.1. The Morgan fingerprint density at radius 2 is 2.00 bits per heavy atom. The van der Waals surface area contributed by atoms with Crippen molar-refractivity contribution < 1.29 is 14.3 Å². The van der Waals surface area contributed by atoms with Crippen LogP contribution in [0.3, 0.4) is 0 Å². The molecule has 2 fully saturated rings. The van der Waals surface area contributed by atoms with Crippen molar-refractivity contribution in [2.45, 2.75) is 37.7 Å². The predicted octanol–water partition coefficient (Wildman–Crippen LogP) is 2.47. The molecule has 0 radical (unpaired) electrons. The van der Waals surface area contributed by atoms with Crippen molar-refractivity contribution >= 4 is 17.5 Å². The number of benzene rings is 1. The maximum absolute atomic E-state index is 13.1. The molecule has 3 rings (SSSR count). The fourth-order valence-electron chi connectivity index (χ4n) is 3.75. The van der Waals surface area contributed by atoms with E-state index in [4.69, 9.17) is 11.6 Å². The molecule has 1 N–H and O–H groups in total. The lowest BCUT2D eigenvalue weighted by Gasteiger charge is -2.41. The molecule has 6 heteroatoms. The van der Waals surface area contributed by atoms with Gasteiger partial charge in [-0.2, -0.15) is 0 Å². The molecule has 0 saturated carbocycles. The molecule has 2 heterocycles. The van der Waals surface area contributed by atoms with E-state index in [0.29, 0.717) is 25.2 Å². The summed E-state index contributed by atoms with van der Waals surface area (Å²) >= 11 is 6.02. The molecule has 1 aromatic carbocycles. The second kappa shape index (κ2) is 7.38. The van der Waals surface area contributed by atoms with Crippen LogP contribution in [-0.4, -0.2) is 59.1 Å². The summed E-state index contributed by atoms with van der Waals surface area (Å²) in [7, 11) is 0. The van der Waals surface area contributed by atoms with Gasteiger partial charge in [0, 0.05) is 18.1 Å². The van der Waals surface area contributed by atoms with Crippen LogP contribution in [0.15, 0.2) is 18.2 Å². The van der Waals surface area contributed by atoms with Crippen molar-refractivity contribution in [2.75, 3.05) is 32.7 Å². The lowest BCUT2D eigenvalue weighted by Crippen LogP contribution is -2.55. The minimum Gasteiger partial charge on any atom is -0.387 e. The summed E-state index contributed by atoms with van der Waals surface area (Å²) in [4.78, 5) is 16.6. The number of amides is 1. The van der Waals surface area contributed by atoms with Gasteiger partial charge in [0.05, 0.1) is 18.6 Å². The van der Waals surface area contributed by atoms with E-state index in [1.165, 1.54) is 25.0 Å². The van der Waals surface area contributed by atoms with Gasteiger partial charge in [0.2, 0.25) is 5.91 Å². The minimum atomic E-state index is -0.829. The summed E-state index contributed by atoms with van der Waals surface area (Å²) in [5, 5.41) is 11.2. The first-order chi connectivity index (χ1) is 11.5. The first-order valence-electron chi connectivity index (χ1n) is 8.62. The van der Waals surface area contributed by atoms with Crippen LogP contribution in [0.2, 0.25) is 5.02 Å². The fraction of sp³-hybridized carbons (Fsp3) is 0.611. The fourth-order valence-corrected chi connectivity index (χ4v) is 3.99. The summed E-state index contributed by atoms with van der Waals surface area (Å²) < 4.78 is 13.1.